The number of hydrogen-bond acceptors (Lipinski definition) is 7. The van der Waals surface area contributed by atoms with Gasteiger partial charge >= 0.3 is 0 Å². The van der Waals surface area contributed by atoms with Crippen molar-refractivity contribution >= 4 is 11.8 Å². The molecule has 0 unspecified atom stereocenters. The smallest absolute Gasteiger partial charge is 0.261 e. The third kappa shape index (κ3) is 3.93. The quantitative estimate of drug-likeness (QED) is 0.536. The molecule has 0 N–H and O–H groups in total. The fraction of sp³-hybridized carbons (Fsp3) is 0.250. The number of fused-ring (bicyclic) bond motifs is 1. The largest absolute Gasteiger partial charge is 0.497 e. The molecule has 9 nitrogen and oxygen atoms in total. The zero-order valence-electron chi connectivity index (χ0n) is 15.8. The minimum atomic E-state index is -0.286. The van der Waals surface area contributed by atoms with Gasteiger partial charge in [0, 0.05) is 13.0 Å². The van der Waals surface area contributed by atoms with E-state index < -0.39 is 0 Å². The average molecular weight is 393 g/mol. The number of amides is 2. The van der Waals surface area contributed by atoms with Crippen LogP contribution in [0.4, 0.5) is 0 Å². The summed E-state index contributed by atoms with van der Waals surface area (Å²) in [7, 11) is 1.61. The van der Waals surface area contributed by atoms with Gasteiger partial charge in [-0.25, -0.2) is 0 Å². The van der Waals surface area contributed by atoms with Crippen LogP contribution in [0.25, 0.3) is 0 Å². The van der Waals surface area contributed by atoms with Crippen LogP contribution in [0.5, 0.6) is 11.5 Å². The lowest BCUT2D eigenvalue weighted by molar-refractivity contribution is 0.0655. The van der Waals surface area contributed by atoms with Crippen LogP contribution in [-0.4, -0.2) is 57.2 Å². The number of imide groups is 1. The minimum absolute atomic E-state index is 0.209. The standard InChI is InChI=1S/C20H19N5O4/c1-28-14-6-8-15(9-7-14)29-13-12-25-22-18(21-23-25)10-11-24-19(26)16-4-2-3-5-17(16)20(24)27/h2-9H,10-13H2,1H3. The Morgan fingerprint density at radius 2 is 1.55 bits per heavy atom. The van der Waals surface area contributed by atoms with E-state index in [4.69, 9.17) is 9.47 Å². The zero-order chi connectivity index (χ0) is 20.2. The lowest BCUT2D eigenvalue weighted by Crippen LogP contribution is -2.32. The number of tetrazole rings is 1. The molecular formula is C20H19N5O4. The van der Waals surface area contributed by atoms with Gasteiger partial charge in [0.1, 0.15) is 18.1 Å². The third-order valence-electron chi connectivity index (χ3n) is 4.55. The van der Waals surface area contributed by atoms with Crippen LogP contribution in [0.15, 0.2) is 48.5 Å². The summed E-state index contributed by atoms with van der Waals surface area (Å²) in [4.78, 5) is 27.4. The van der Waals surface area contributed by atoms with Crippen molar-refractivity contribution in [1.29, 1.82) is 0 Å². The average Bonchev–Trinajstić information content (AvgIpc) is 3.30. The first-order valence-electron chi connectivity index (χ1n) is 9.14. The summed E-state index contributed by atoms with van der Waals surface area (Å²) in [6.07, 6.45) is 0.338. The number of hydrogen-bond donors (Lipinski definition) is 0. The Labute approximate surface area is 166 Å². The van der Waals surface area contributed by atoms with Crippen LogP contribution >= 0.6 is 0 Å². The van der Waals surface area contributed by atoms with E-state index in [2.05, 4.69) is 15.4 Å². The molecule has 29 heavy (non-hydrogen) atoms. The van der Waals surface area contributed by atoms with Crippen molar-refractivity contribution in [2.24, 2.45) is 0 Å². The molecule has 148 valence electrons. The van der Waals surface area contributed by atoms with Crippen LogP contribution in [0.2, 0.25) is 0 Å². The topological polar surface area (TPSA) is 99.4 Å². The van der Waals surface area contributed by atoms with Gasteiger partial charge in [-0.1, -0.05) is 12.1 Å². The van der Waals surface area contributed by atoms with Crippen LogP contribution in [0.1, 0.15) is 26.5 Å². The van der Waals surface area contributed by atoms with Crippen molar-refractivity contribution in [3.63, 3.8) is 0 Å². The molecule has 3 aromatic rings. The van der Waals surface area contributed by atoms with E-state index in [9.17, 15) is 9.59 Å². The predicted octanol–water partition coefficient (Wildman–Crippen LogP) is 1.60. The summed E-state index contributed by atoms with van der Waals surface area (Å²) in [5, 5.41) is 12.2. The fourth-order valence-electron chi connectivity index (χ4n) is 3.04. The molecule has 0 spiro atoms. The third-order valence-corrected chi connectivity index (χ3v) is 4.55. The Kier molecular flexibility index (Phi) is 5.19. The molecular weight excluding hydrogens is 374 g/mol. The molecule has 1 aliphatic heterocycles. The van der Waals surface area contributed by atoms with Gasteiger partial charge in [-0.2, -0.15) is 4.80 Å². The monoisotopic (exact) mass is 393 g/mol. The molecule has 1 aromatic heterocycles. The van der Waals surface area contributed by atoms with Crippen molar-refractivity contribution in [3.05, 3.63) is 65.5 Å². The van der Waals surface area contributed by atoms with E-state index in [0.717, 1.165) is 11.5 Å². The molecule has 0 radical (unpaired) electrons. The van der Waals surface area contributed by atoms with Gasteiger partial charge in [0.05, 0.1) is 24.8 Å². The van der Waals surface area contributed by atoms with Gasteiger partial charge in [-0.15, -0.1) is 10.2 Å². The van der Waals surface area contributed by atoms with E-state index >= 15 is 0 Å². The molecule has 0 aliphatic carbocycles. The number of carbonyl (C=O) groups is 2. The van der Waals surface area contributed by atoms with Crippen molar-refractivity contribution in [2.45, 2.75) is 13.0 Å². The highest BCUT2D eigenvalue weighted by molar-refractivity contribution is 6.21. The van der Waals surface area contributed by atoms with Gasteiger partial charge in [-0.3, -0.25) is 14.5 Å². The maximum absolute atomic E-state index is 12.4. The maximum Gasteiger partial charge on any atom is 0.261 e. The normalized spacial score (nSPS) is 12.9. The second-order valence-electron chi connectivity index (χ2n) is 6.38. The lowest BCUT2D eigenvalue weighted by atomic mass is 10.1. The Bertz CT molecular complexity index is 996. The molecule has 0 saturated heterocycles. The van der Waals surface area contributed by atoms with E-state index in [1.807, 2.05) is 24.3 Å². The summed E-state index contributed by atoms with van der Waals surface area (Å²) in [6.45, 7) is 1.01. The van der Waals surface area contributed by atoms with E-state index in [1.54, 1.807) is 31.4 Å². The molecule has 9 heteroatoms. The van der Waals surface area contributed by atoms with Crippen LogP contribution in [-0.2, 0) is 13.0 Å². The summed E-state index contributed by atoms with van der Waals surface area (Å²) in [5.74, 6) is 1.37. The van der Waals surface area contributed by atoms with Gasteiger partial charge in [0.15, 0.2) is 5.82 Å². The first-order valence-corrected chi connectivity index (χ1v) is 9.14. The molecule has 4 rings (SSSR count). The SMILES string of the molecule is COc1ccc(OCCn2nnc(CCN3C(=O)c4ccccc4C3=O)n2)cc1. The van der Waals surface area contributed by atoms with Gasteiger partial charge in [-0.05, 0) is 41.6 Å². The first-order chi connectivity index (χ1) is 14.2. The van der Waals surface area contributed by atoms with Gasteiger partial charge in [0.2, 0.25) is 0 Å². The van der Waals surface area contributed by atoms with Crippen molar-refractivity contribution < 1.29 is 19.1 Å². The predicted molar refractivity (Wildman–Crippen MR) is 102 cm³/mol. The van der Waals surface area contributed by atoms with E-state index in [1.165, 1.54) is 9.70 Å². The van der Waals surface area contributed by atoms with Crippen LogP contribution in [0.3, 0.4) is 0 Å². The zero-order valence-corrected chi connectivity index (χ0v) is 15.8. The van der Waals surface area contributed by atoms with Crippen molar-refractivity contribution in [3.8, 4) is 11.5 Å². The second-order valence-corrected chi connectivity index (χ2v) is 6.38. The number of ether oxygens (including phenoxy) is 2. The second kappa shape index (κ2) is 8.09. The van der Waals surface area contributed by atoms with Crippen molar-refractivity contribution in [1.82, 2.24) is 25.1 Å². The number of rotatable bonds is 8. The summed E-state index contributed by atoms with van der Waals surface area (Å²) in [6, 6.07) is 14.1. The Morgan fingerprint density at radius 1 is 0.897 bits per heavy atom. The minimum Gasteiger partial charge on any atom is -0.497 e. The number of carbonyl (C=O) groups excluding carboxylic acids is 2. The molecule has 0 bridgehead atoms. The van der Waals surface area contributed by atoms with E-state index in [0.29, 0.717) is 36.5 Å². The van der Waals surface area contributed by atoms with Crippen LogP contribution < -0.4 is 9.47 Å². The highest BCUT2D eigenvalue weighted by atomic mass is 16.5. The fourth-order valence-corrected chi connectivity index (χ4v) is 3.04. The van der Waals surface area contributed by atoms with Gasteiger partial charge in [0.25, 0.3) is 11.8 Å². The highest BCUT2D eigenvalue weighted by Gasteiger charge is 2.34. The van der Waals surface area contributed by atoms with Crippen LogP contribution in [0, 0.1) is 0 Å². The number of nitrogens with zero attached hydrogens (tertiary/aromatic N) is 5. The summed E-state index contributed by atoms with van der Waals surface area (Å²) >= 11 is 0. The Morgan fingerprint density at radius 3 is 2.21 bits per heavy atom. The molecule has 0 saturated carbocycles. The number of methoxy groups -OCH3 is 1. The highest BCUT2D eigenvalue weighted by Crippen LogP contribution is 2.22. The molecule has 2 heterocycles. The Hall–Kier alpha value is -3.75. The molecule has 2 aromatic carbocycles. The van der Waals surface area contributed by atoms with Crippen molar-refractivity contribution in [2.75, 3.05) is 20.3 Å². The van der Waals surface area contributed by atoms with Gasteiger partial charge < -0.3 is 9.47 Å². The number of benzene rings is 2. The molecule has 0 fully saturated rings. The summed E-state index contributed by atoms with van der Waals surface area (Å²) in [5.41, 5.74) is 0.870. The Balaban J connectivity index is 1.27. The lowest BCUT2D eigenvalue weighted by Gasteiger charge is -2.11. The number of aromatic nitrogens is 4. The molecule has 1 aliphatic rings. The first kappa shape index (κ1) is 18.6. The summed E-state index contributed by atoms with van der Waals surface area (Å²) < 4.78 is 10.7. The molecule has 2 amide bonds. The molecule has 0 atom stereocenters. The van der Waals surface area contributed by atoms with E-state index in [-0.39, 0.29) is 18.4 Å². The maximum atomic E-state index is 12.4.